The molecule has 1 heterocycles. The summed E-state index contributed by atoms with van der Waals surface area (Å²) in [5.41, 5.74) is 5.70. The molecule has 0 bridgehead atoms. The van der Waals surface area contributed by atoms with Crippen molar-refractivity contribution in [3.05, 3.63) is 6.20 Å². The number of aromatic nitrogens is 2. The highest BCUT2D eigenvalue weighted by molar-refractivity contribution is 7.89. The standard InChI is InChI=1S/C11H20N4O2S/c1-3-15-8-10(11(12)13-15)18(16,17)14(2)9-6-4-5-7-9/h8-9H,3-7H2,1-2H3,(H2,12,13). The van der Waals surface area contributed by atoms with Gasteiger partial charge in [0, 0.05) is 25.8 Å². The third-order valence-corrected chi connectivity index (χ3v) is 5.50. The number of hydrogen-bond acceptors (Lipinski definition) is 4. The first-order valence-corrected chi connectivity index (χ1v) is 7.71. The van der Waals surface area contributed by atoms with Gasteiger partial charge in [-0.25, -0.2) is 8.42 Å². The Bertz CT molecular complexity index is 517. The molecule has 2 rings (SSSR count). The van der Waals surface area contributed by atoms with Crippen molar-refractivity contribution in [1.29, 1.82) is 0 Å². The molecule has 6 nitrogen and oxygen atoms in total. The SMILES string of the molecule is CCn1cc(S(=O)(=O)N(C)C2CCCC2)c(N)n1. The molecule has 0 radical (unpaired) electrons. The molecular formula is C11H20N4O2S. The number of aryl methyl sites for hydroxylation is 1. The second-order valence-electron chi connectivity index (χ2n) is 4.69. The summed E-state index contributed by atoms with van der Waals surface area (Å²) in [5.74, 6) is 0.0849. The lowest BCUT2D eigenvalue weighted by molar-refractivity contribution is 0.373. The van der Waals surface area contributed by atoms with Gasteiger partial charge in [0.25, 0.3) is 0 Å². The van der Waals surface area contributed by atoms with Gasteiger partial charge in [-0.15, -0.1) is 0 Å². The van der Waals surface area contributed by atoms with Crippen LogP contribution in [0.25, 0.3) is 0 Å². The largest absolute Gasteiger partial charge is 0.381 e. The Hall–Kier alpha value is -1.08. The molecule has 0 unspecified atom stereocenters. The first kappa shape index (κ1) is 13.4. The van der Waals surface area contributed by atoms with Gasteiger partial charge in [-0.3, -0.25) is 4.68 Å². The molecule has 2 N–H and O–H groups in total. The van der Waals surface area contributed by atoms with Crippen molar-refractivity contribution in [3.63, 3.8) is 0 Å². The van der Waals surface area contributed by atoms with Gasteiger partial charge >= 0.3 is 0 Å². The van der Waals surface area contributed by atoms with E-state index in [1.54, 1.807) is 11.7 Å². The molecule has 1 fully saturated rings. The molecule has 0 amide bonds. The third-order valence-electron chi connectivity index (χ3n) is 3.57. The second-order valence-corrected chi connectivity index (χ2v) is 6.66. The summed E-state index contributed by atoms with van der Waals surface area (Å²) in [6.07, 6.45) is 5.55. The summed E-state index contributed by atoms with van der Waals surface area (Å²) in [5, 5.41) is 3.99. The van der Waals surface area contributed by atoms with Crippen molar-refractivity contribution < 1.29 is 8.42 Å². The Balaban J connectivity index is 2.31. The summed E-state index contributed by atoms with van der Waals surface area (Å²) in [7, 11) is -1.88. The van der Waals surface area contributed by atoms with Gasteiger partial charge in [-0.05, 0) is 19.8 Å². The Kier molecular flexibility index (Phi) is 3.63. The molecule has 0 atom stereocenters. The van der Waals surface area contributed by atoms with Crippen LogP contribution in [0.3, 0.4) is 0 Å². The average Bonchev–Trinajstić information content (AvgIpc) is 2.96. The van der Waals surface area contributed by atoms with E-state index in [0.29, 0.717) is 6.54 Å². The van der Waals surface area contributed by atoms with Gasteiger partial charge in [-0.1, -0.05) is 12.8 Å². The van der Waals surface area contributed by atoms with Crippen LogP contribution in [0.15, 0.2) is 11.1 Å². The van der Waals surface area contributed by atoms with E-state index in [4.69, 9.17) is 5.73 Å². The maximum absolute atomic E-state index is 12.5. The molecule has 1 aliphatic carbocycles. The van der Waals surface area contributed by atoms with E-state index in [0.717, 1.165) is 25.7 Å². The van der Waals surface area contributed by atoms with Crippen molar-refractivity contribution in [2.45, 2.75) is 50.1 Å². The minimum atomic E-state index is -3.52. The zero-order chi connectivity index (χ0) is 13.3. The maximum atomic E-state index is 12.5. The van der Waals surface area contributed by atoms with Crippen molar-refractivity contribution in [1.82, 2.24) is 14.1 Å². The molecule has 0 saturated heterocycles. The fourth-order valence-electron chi connectivity index (χ4n) is 2.40. The topological polar surface area (TPSA) is 81.2 Å². The Morgan fingerprint density at radius 3 is 2.61 bits per heavy atom. The van der Waals surface area contributed by atoms with Gasteiger partial charge < -0.3 is 5.73 Å². The lowest BCUT2D eigenvalue weighted by Gasteiger charge is -2.22. The molecule has 0 aromatic carbocycles. The van der Waals surface area contributed by atoms with E-state index in [1.165, 1.54) is 10.5 Å². The number of hydrogen-bond donors (Lipinski definition) is 1. The van der Waals surface area contributed by atoms with Crippen molar-refractivity contribution in [2.75, 3.05) is 12.8 Å². The van der Waals surface area contributed by atoms with Crippen LogP contribution >= 0.6 is 0 Å². The van der Waals surface area contributed by atoms with Crippen LogP contribution in [0, 0.1) is 0 Å². The Labute approximate surface area is 108 Å². The second kappa shape index (κ2) is 4.89. The van der Waals surface area contributed by atoms with Gasteiger partial charge in [0.1, 0.15) is 4.90 Å². The highest BCUT2D eigenvalue weighted by Crippen LogP contribution is 2.28. The molecule has 1 saturated carbocycles. The van der Waals surface area contributed by atoms with Crippen LogP contribution in [0.5, 0.6) is 0 Å². The van der Waals surface area contributed by atoms with Crippen molar-refractivity contribution in [2.24, 2.45) is 0 Å². The molecule has 7 heteroatoms. The fourth-order valence-corrected chi connectivity index (χ4v) is 3.87. The minimum absolute atomic E-state index is 0.0849. The van der Waals surface area contributed by atoms with E-state index in [2.05, 4.69) is 5.10 Å². The van der Waals surface area contributed by atoms with Crippen LogP contribution in [-0.4, -0.2) is 35.6 Å². The number of sulfonamides is 1. The average molecular weight is 272 g/mol. The molecule has 102 valence electrons. The normalized spacial score (nSPS) is 17.7. The van der Waals surface area contributed by atoms with Crippen LogP contribution in [-0.2, 0) is 16.6 Å². The van der Waals surface area contributed by atoms with Gasteiger partial charge in [0.2, 0.25) is 10.0 Å². The zero-order valence-electron chi connectivity index (χ0n) is 10.8. The number of nitrogens with two attached hydrogens (primary N) is 1. The number of anilines is 1. The molecule has 0 spiro atoms. The zero-order valence-corrected chi connectivity index (χ0v) is 11.7. The molecule has 1 aromatic heterocycles. The molecule has 0 aliphatic heterocycles. The summed E-state index contributed by atoms with van der Waals surface area (Å²) in [6, 6.07) is 0.0966. The summed E-state index contributed by atoms with van der Waals surface area (Å²) in [4.78, 5) is 0.124. The molecular weight excluding hydrogens is 252 g/mol. The highest BCUT2D eigenvalue weighted by Gasteiger charge is 2.32. The van der Waals surface area contributed by atoms with Crippen molar-refractivity contribution in [3.8, 4) is 0 Å². The van der Waals surface area contributed by atoms with Crippen LogP contribution in [0.1, 0.15) is 32.6 Å². The van der Waals surface area contributed by atoms with Gasteiger partial charge in [0.15, 0.2) is 5.82 Å². The molecule has 18 heavy (non-hydrogen) atoms. The van der Waals surface area contributed by atoms with E-state index in [-0.39, 0.29) is 16.8 Å². The van der Waals surface area contributed by atoms with E-state index >= 15 is 0 Å². The summed E-state index contributed by atoms with van der Waals surface area (Å²) < 4.78 is 27.9. The predicted octanol–water partition coefficient (Wildman–Crippen LogP) is 1.05. The first-order chi connectivity index (χ1) is 8.46. The number of nitrogen functional groups attached to an aromatic ring is 1. The monoisotopic (exact) mass is 272 g/mol. The van der Waals surface area contributed by atoms with Gasteiger partial charge in [-0.2, -0.15) is 9.40 Å². The number of rotatable bonds is 4. The van der Waals surface area contributed by atoms with Crippen LogP contribution in [0.4, 0.5) is 5.82 Å². The smallest absolute Gasteiger partial charge is 0.248 e. The van der Waals surface area contributed by atoms with Gasteiger partial charge in [0.05, 0.1) is 0 Å². The Morgan fingerprint density at radius 2 is 2.11 bits per heavy atom. The maximum Gasteiger partial charge on any atom is 0.248 e. The molecule has 1 aliphatic rings. The van der Waals surface area contributed by atoms with E-state index in [9.17, 15) is 8.42 Å². The third kappa shape index (κ3) is 2.24. The minimum Gasteiger partial charge on any atom is -0.381 e. The van der Waals surface area contributed by atoms with Crippen LogP contribution in [0.2, 0.25) is 0 Å². The highest BCUT2D eigenvalue weighted by atomic mass is 32.2. The van der Waals surface area contributed by atoms with Crippen LogP contribution < -0.4 is 5.73 Å². The van der Waals surface area contributed by atoms with E-state index in [1.807, 2.05) is 6.92 Å². The summed E-state index contributed by atoms with van der Waals surface area (Å²) >= 11 is 0. The first-order valence-electron chi connectivity index (χ1n) is 6.27. The number of nitrogens with zero attached hydrogens (tertiary/aromatic N) is 3. The summed E-state index contributed by atoms with van der Waals surface area (Å²) in [6.45, 7) is 2.50. The predicted molar refractivity (Wildman–Crippen MR) is 69.5 cm³/mol. The fraction of sp³-hybridized carbons (Fsp3) is 0.727. The lowest BCUT2D eigenvalue weighted by Crippen LogP contribution is -2.35. The Morgan fingerprint density at radius 1 is 1.50 bits per heavy atom. The van der Waals surface area contributed by atoms with Crippen molar-refractivity contribution >= 4 is 15.8 Å². The van der Waals surface area contributed by atoms with E-state index < -0.39 is 10.0 Å². The lowest BCUT2D eigenvalue weighted by atomic mass is 10.3. The quantitative estimate of drug-likeness (QED) is 0.888. The molecule has 1 aromatic rings.